The van der Waals surface area contributed by atoms with Gasteiger partial charge in [-0.1, -0.05) is 26.0 Å². The Kier molecular flexibility index (Phi) is 5.23. The zero-order chi connectivity index (χ0) is 17.9. The number of hydrogen-bond donors (Lipinski definition) is 4. The molecule has 4 N–H and O–H groups in total. The minimum Gasteiger partial charge on any atom is -0.480 e. The van der Waals surface area contributed by atoms with Crippen molar-refractivity contribution >= 4 is 34.4 Å². The molecule has 24 heavy (non-hydrogen) atoms. The number of H-pyrrole nitrogens is 1. The Labute approximate surface area is 139 Å². The highest BCUT2D eigenvalue weighted by atomic mass is 16.4. The standard InChI is InChI=1S/C17H21N3O4/c1-9(2)7-14(17(23)24)20-16(22)13-8-11-5-4-6-12(15(11)19-13)18-10(3)21/h4-6,8-9,14,19H,7H2,1-3H3,(H,18,21)(H,20,22)(H,23,24)/t14-/m0/s1. The molecule has 1 aromatic carbocycles. The molecule has 0 saturated heterocycles. The number of para-hydroxylation sites is 1. The van der Waals surface area contributed by atoms with Crippen LogP contribution in [0.2, 0.25) is 0 Å². The summed E-state index contributed by atoms with van der Waals surface area (Å²) in [5, 5.41) is 15.2. The van der Waals surface area contributed by atoms with Crippen LogP contribution < -0.4 is 10.6 Å². The number of aromatic nitrogens is 1. The van der Waals surface area contributed by atoms with E-state index < -0.39 is 17.9 Å². The van der Waals surface area contributed by atoms with Crippen LogP contribution in [-0.4, -0.2) is 33.9 Å². The fraction of sp³-hybridized carbons (Fsp3) is 0.353. The van der Waals surface area contributed by atoms with Crippen LogP contribution in [0.3, 0.4) is 0 Å². The Morgan fingerprint density at radius 2 is 1.96 bits per heavy atom. The van der Waals surface area contributed by atoms with E-state index in [2.05, 4.69) is 15.6 Å². The first-order valence-corrected chi connectivity index (χ1v) is 7.71. The second-order valence-corrected chi connectivity index (χ2v) is 6.13. The van der Waals surface area contributed by atoms with Crippen LogP contribution in [-0.2, 0) is 9.59 Å². The highest BCUT2D eigenvalue weighted by Gasteiger charge is 2.22. The summed E-state index contributed by atoms with van der Waals surface area (Å²) in [6.45, 7) is 5.19. The molecule has 0 aliphatic rings. The summed E-state index contributed by atoms with van der Waals surface area (Å²) >= 11 is 0. The van der Waals surface area contributed by atoms with Gasteiger partial charge in [0.05, 0.1) is 11.2 Å². The molecular formula is C17H21N3O4. The number of nitrogens with one attached hydrogen (secondary N) is 3. The number of anilines is 1. The van der Waals surface area contributed by atoms with E-state index in [0.29, 0.717) is 17.6 Å². The number of carboxylic acids is 1. The summed E-state index contributed by atoms with van der Waals surface area (Å²) in [6.07, 6.45) is 0.346. The van der Waals surface area contributed by atoms with Gasteiger partial charge in [0, 0.05) is 12.3 Å². The van der Waals surface area contributed by atoms with Gasteiger partial charge in [0.1, 0.15) is 11.7 Å². The van der Waals surface area contributed by atoms with Gasteiger partial charge in [0.25, 0.3) is 5.91 Å². The van der Waals surface area contributed by atoms with Crippen molar-refractivity contribution in [1.29, 1.82) is 0 Å². The quantitative estimate of drug-likeness (QED) is 0.651. The van der Waals surface area contributed by atoms with E-state index in [-0.39, 0.29) is 17.5 Å². The van der Waals surface area contributed by atoms with Crippen LogP contribution in [0.1, 0.15) is 37.7 Å². The highest BCUT2D eigenvalue weighted by Crippen LogP contribution is 2.23. The monoisotopic (exact) mass is 331 g/mol. The molecule has 1 aromatic heterocycles. The number of amides is 2. The van der Waals surface area contributed by atoms with Gasteiger partial charge in [0.2, 0.25) is 5.91 Å². The second kappa shape index (κ2) is 7.16. The van der Waals surface area contributed by atoms with Gasteiger partial charge in [-0.05, 0) is 24.5 Å². The normalized spacial score (nSPS) is 12.2. The van der Waals surface area contributed by atoms with Gasteiger partial charge in [0.15, 0.2) is 0 Å². The lowest BCUT2D eigenvalue weighted by Gasteiger charge is -2.15. The Hall–Kier alpha value is -2.83. The maximum atomic E-state index is 12.4. The molecule has 0 aliphatic carbocycles. The molecule has 0 bridgehead atoms. The van der Waals surface area contributed by atoms with Crippen molar-refractivity contribution in [2.24, 2.45) is 5.92 Å². The largest absolute Gasteiger partial charge is 0.480 e. The molecule has 0 unspecified atom stereocenters. The van der Waals surface area contributed by atoms with Crippen LogP contribution in [0.5, 0.6) is 0 Å². The number of fused-ring (bicyclic) bond motifs is 1. The van der Waals surface area contributed by atoms with Crippen molar-refractivity contribution in [3.05, 3.63) is 30.0 Å². The Bertz CT molecular complexity index is 779. The number of hydrogen-bond acceptors (Lipinski definition) is 3. The fourth-order valence-electron chi connectivity index (χ4n) is 2.50. The van der Waals surface area contributed by atoms with Gasteiger partial charge >= 0.3 is 5.97 Å². The minimum atomic E-state index is -1.06. The molecule has 1 heterocycles. The van der Waals surface area contributed by atoms with Crippen LogP contribution in [0.4, 0.5) is 5.69 Å². The van der Waals surface area contributed by atoms with Crippen LogP contribution in [0, 0.1) is 5.92 Å². The highest BCUT2D eigenvalue weighted by molar-refractivity contribution is 6.04. The van der Waals surface area contributed by atoms with E-state index >= 15 is 0 Å². The Balaban J connectivity index is 2.26. The number of benzene rings is 1. The molecule has 0 fully saturated rings. The van der Waals surface area contributed by atoms with Crippen molar-refractivity contribution in [3.8, 4) is 0 Å². The van der Waals surface area contributed by atoms with Gasteiger partial charge in [-0.2, -0.15) is 0 Å². The molecule has 2 rings (SSSR count). The van der Waals surface area contributed by atoms with Crippen molar-refractivity contribution in [1.82, 2.24) is 10.3 Å². The molecule has 0 saturated carbocycles. The predicted molar refractivity (Wildman–Crippen MR) is 90.9 cm³/mol. The molecule has 7 heteroatoms. The molecule has 0 spiro atoms. The lowest BCUT2D eigenvalue weighted by molar-refractivity contribution is -0.139. The summed E-state index contributed by atoms with van der Waals surface area (Å²) < 4.78 is 0. The third-order valence-electron chi connectivity index (χ3n) is 3.52. The third kappa shape index (κ3) is 4.13. The summed E-state index contributed by atoms with van der Waals surface area (Å²) in [4.78, 5) is 37.8. The molecule has 1 atom stereocenters. The van der Waals surface area contributed by atoms with Crippen LogP contribution >= 0.6 is 0 Å². The van der Waals surface area contributed by atoms with Crippen LogP contribution in [0.25, 0.3) is 10.9 Å². The van der Waals surface area contributed by atoms with E-state index in [1.807, 2.05) is 13.8 Å². The second-order valence-electron chi connectivity index (χ2n) is 6.13. The van der Waals surface area contributed by atoms with E-state index in [1.165, 1.54) is 6.92 Å². The number of aliphatic carboxylic acids is 1. The lowest BCUT2D eigenvalue weighted by Crippen LogP contribution is -2.41. The first-order valence-electron chi connectivity index (χ1n) is 7.71. The van der Waals surface area contributed by atoms with E-state index in [0.717, 1.165) is 5.39 Å². The van der Waals surface area contributed by atoms with Crippen molar-refractivity contribution in [2.75, 3.05) is 5.32 Å². The Morgan fingerprint density at radius 1 is 1.25 bits per heavy atom. The lowest BCUT2D eigenvalue weighted by atomic mass is 10.0. The fourth-order valence-corrected chi connectivity index (χ4v) is 2.50. The summed E-state index contributed by atoms with van der Waals surface area (Å²) in [5.74, 6) is -1.63. The zero-order valence-electron chi connectivity index (χ0n) is 13.8. The van der Waals surface area contributed by atoms with E-state index in [1.54, 1.807) is 24.3 Å². The van der Waals surface area contributed by atoms with Gasteiger partial charge in [-0.25, -0.2) is 4.79 Å². The first kappa shape index (κ1) is 17.5. The summed E-state index contributed by atoms with van der Waals surface area (Å²) in [5.41, 5.74) is 1.43. The van der Waals surface area contributed by atoms with Crippen molar-refractivity contribution < 1.29 is 19.5 Å². The maximum absolute atomic E-state index is 12.4. The topological polar surface area (TPSA) is 111 Å². The van der Waals surface area contributed by atoms with E-state index in [9.17, 15) is 19.5 Å². The first-order chi connectivity index (χ1) is 11.3. The minimum absolute atomic E-state index is 0.139. The number of carbonyl (C=O) groups is 3. The zero-order valence-corrected chi connectivity index (χ0v) is 13.8. The summed E-state index contributed by atoms with van der Waals surface area (Å²) in [7, 11) is 0. The molecule has 0 aliphatic heterocycles. The number of carboxylic acid groups (broad SMARTS) is 1. The smallest absolute Gasteiger partial charge is 0.326 e. The molecule has 2 amide bonds. The van der Waals surface area contributed by atoms with Crippen LogP contribution in [0.15, 0.2) is 24.3 Å². The number of aromatic amines is 1. The van der Waals surface area contributed by atoms with Crippen molar-refractivity contribution in [2.45, 2.75) is 33.2 Å². The third-order valence-corrected chi connectivity index (χ3v) is 3.52. The Morgan fingerprint density at radius 3 is 2.54 bits per heavy atom. The van der Waals surface area contributed by atoms with Gasteiger partial charge in [-0.3, -0.25) is 9.59 Å². The molecular weight excluding hydrogens is 310 g/mol. The van der Waals surface area contributed by atoms with E-state index in [4.69, 9.17) is 0 Å². The molecule has 128 valence electrons. The van der Waals surface area contributed by atoms with Gasteiger partial charge < -0.3 is 20.7 Å². The van der Waals surface area contributed by atoms with Gasteiger partial charge in [-0.15, -0.1) is 0 Å². The summed E-state index contributed by atoms with van der Waals surface area (Å²) in [6, 6.07) is 5.97. The number of rotatable bonds is 6. The SMILES string of the molecule is CC(=O)Nc1cccc2cc(C(=O)N[C@@H](CC(C)C)C(=O)O)[nH]c12. The molecule has 2 aromatic rings. The predicted octanol–water partition coefficient (Wildman–Crippen LogP) is 2.36. The number of carbonyl (C=O) groups excluding carboxylic acids is 2. The molecule has 7 nitrogen and oxygen atoms in total. The average Bonchev–Trinajstić information content (AvgIpc) is 2.90. The van der Waals surface area contributed by atoms with Crippen molar-refractivity contribution in [3.63, 3.8) is 0 Å². The average molecular weight is 331 g/mol. The molecule has 0 radical (unpaired) electrons. The maximum Gasteiger partial charge on any atom is 0.326 e.